The molecule has 0 aliphatic carbocycles. The molecule has 1 unspecified atom stereocenters. The minimum absolute atomic E-state index is 0.295. The molecule has 0 aromatic carbocycles. The Balaban J connectivity index is 2.23. The molecule has 2 heterocycles. The molecule has 0 saturated heterocycles. The molecule has 1 aromatic rings. The first-order valence-corrected chi connectivity index (χ1v) is 3.52. The summed E-state index contributed by atoms with van der Waals surface area (Å²) in [7, 11) is 0. The van der Waals surface area contributed by atoms with Crippen molar-refractivity contribution in [1.29, 1.82) is 0 Å². The molecule has 1 aliphatic heterocycles. The van der Waals surface area contributed by atoms with Crippen molar-refractivity contribution in [2.24, 2.45) is 5.16 Å². The average Bonchev–Trinajstić information content (AvgIpc) is 2.58. The van der Waals surface area contributed by atoms with Gasteiger partial charge in [-0.3, -0.25) is 4.98 Å². The van der Waals surface area contributed by atoms with Crippen molar-refractivity contribution in [1.82, 2.24) is 4.98 Å². The highest BCUT2D eigenvalue weighted by Crippen LogP contribution is 2.16. The van der Waals surface area contributed by atoms with E-state index in [1.54, 1.807) is 12.4 Å². The monoisotopic (exact) mass is 148 g/mol. The molecule has 1 atom stereocenters. The number of nitrogens with zero attached hydrogens (tertiary/aromatic N) is 2. The summed E-state index contributed by atoms with van der Waals surface area (Å²) in [4.78, 5) is 8.87. The Morgan fingerprint density at radius 3 is 3.18 bits per heavy atom. The standard InChI is InChI=1S/C8H8N2O/c1-2-7(4-9-3-1)8-5-10-11-6-8/h1-5,8H,6H2. The maximum atomic E-state index is 4.85. The maximum Gasteiger partial charge on any atom is 0.129 e. The molecule has 0 fully saturated rings. The molecule has 0 bridgehead atoms. The minimum atomic E-state index is 0.295. The zero-order valence-electron chi connectivity index (χ0n) is 5.97. The van der Waals surface area contributed by atoms with E-state index in [0.29, 0.717) is 12.5 Å². The predicted molar refractivity (Wildman–Crippen MR) is 41.4 cm³/mol. The van der Waals surface area contributed by atoms with Crippen LogP contribution in [0.15, 0.2) is 29.7 Å². The number of rotatable bonds is 1. The van der Waals surface area contributed by atoms with Crippen LogP contribution in [0.5, 0.6) is 0 Å². The second-order valence-corrected chi connectivity index (χ2v) is 2.44. The molecule has 11 heavy (non-hydrogen) atoms. The average molecular weight is 148 g/mol. The Hall–Kier alpha value is -1.38. The lowest BCUT2D eigenvalue weighted by Crippen LogP contribution is -2.00. The van der Waals surface area contributed by atoms with E-state index >= 15 is 0 Å². The third kappa shape index (κ3) is 1.22. The van der Waals surface area contributed by atoms with Gasteiger partial charge in [-0.2, -0.15) is 0 Å². The molecule has 3 nitrogen and oxygen atoms in total. The molecular formula is C8H8N2O. The lowest BCUT2D eigenvalue weighted by Gasteiger charge is -2.01. The Labute approximate surface area is 64.7 Å². The molecule has 2 rings (SSSR count). The van der Waals surface area contributed by atoms with Gasteiger partial charge in [-0.25, -0.2) is 0 Å². The maximum absolute atomic E-state index is 4.85. The van der Waals surface area contributed by atoms with Crippen LogP contribution in [0.3, 0.4) is 0 Å². The minimum Gasteiger partial charge on any atom is -0.395 e. The quantitative estimate of drug-likeness (QED) is 0.599. The van der Waals surface area contributed by atoms with Crippen LogP contribution in [0.25, 0.3) is 0 Å². The number of oxime groups is 1. The van der Waals surface area contributed by atoms with E-state index < -0.39 is 0 Å². The van der Waals surface area contributed by atoms with E-state index in [9.17, 15) is 0 Å². The van der Waals surface area contributed by atoms with Crippen molar-refractivity contribution in [2.75, 3.05) is 6.61 Å². The van der Waals surface area contributed by atoms with Crippen molar-refractivity contribution < 1.29 is 4.84 Å². The normalized spacial score (nSPS) is 21.6. The van der Waals surface area contributed by atoms with E-state index in [1.807, 2.05) is 18.3 Å². The van der Waals surface area contributed by atoms with Gasteiger partial charge in [0.15, 0.2) is 0 Å². The molecule has 0 spiro atoms. The highest BCUT2D eigenvalue weighted by molar-refractivity contribution is 5.68. The second-order valence-electron chi connectivity index (χ2n) is 2.44. The Bertz CT molecular complexity index is 258. The van der Waals surface area contributed by atoms with Gasteiger partial charge in [-0.15, -0.1) is 0 Å². The predicted octanol–water partition coefficient (Wildman–Crippen LogP) is 1.18. The van der Waals surface area contributed by atoms with Crippen molar-refractivity contribution in [3.8, 4) is 0 Å². The highest BCUT2D eigenvalue weighted by Gasteiger charge is 2.13. The first-order valence-electron chi connectivity index (χ1n) is 3.52. The molecule has 1 aromatic heterocycles. The van der Waals surface area contributed by atoms with Gasteiger partial charge < -0.3 is 4.84 Å². The van der Waals surface area contributed by atoms with E-state index in [0.717, 1.165) is 5.56 Å². The van der Waals surface area contributed by atoms with Gasteiger partial charge in [0.1, 0.15) is 6.61 Å². The molecule has 1 aliphatic rings. The molecule has 3 heteroatoms. The largest absolute Gasteiger partial charge is 0.395 e. The second kappa shape index (κ2) is 2.70. The topological polar surface area (TPSA) is 34.5 Å². The summed E-state index contributed by atoms with van der Waals surface area (Å²) in [6.45, 7) is 0.645. The fourth-order valence-electron chi connectivity index (χ4n) is 1.06. The first-order chi connectivity index (χ1) is 5.47. The van der Waals surface area contributed by atoms with Gasteiger partial charge in [0.05, 0.1) is 12.1 Å². The van der Waals surface area contributed by atoms with Gasteiger partial charge in [-0.1, -0.05) is 11.2 Å². The Morgan fingerprint density at radius 2 is 2.55 bits per heavy atom. The molecule has 0 radical (unpaired) electrons. The summed E-state index contributed by atoms with van der Waals surface area (Å²) in [5.74, 6) is 0.295. The molecule has 0 N–H and O–H groups in total. The van der Waals surface area contributed by atoms with Crippen LogP contribution in [-0.4, -0.2) is 17.8 Å². The van der Waals surface area contributed by atoms with Crippen LogP contribution in [0.2, 0.25) is 0 Å². The van der Waals surface area contributed by atoms with Gasteiger partial charge in [0.2, 0.25) is 0 Å². The summed E-state index contributed by atoms with van der Waals surface area (Å²) >= 11 is 0. The lowest BCUT2D eigenvalue weighted by molar-refractivity contribution is 0.166. The molecular weight excluding hydrogens is 140 g/mol. The van der Waals surface area contributed by atoms with Crippen molar-refractivity contribution in [3.63, 3.8) is 0 Å². The van der Waals surface area contributed by atoms with Crippen LogP contribution in [-0.2, 0) is 4.84 Å². The summed E-state index contributed by atoms with van der Waals surface area (Å²) in [5.41, 5.74) is 1.16. The zero-order chi connectivity index (χ0) is 7.52. The first kappa shape index (κ1) is 6.34. The van der Waals surface area contributed by atoms with Crippen LogP contribution in [0.4, 0.5) is 0 Å². The van der Waals surface area contributed by atoms with Gasteiger partial charge in [0.25, 0.3) is 0 Å². The third-order valence-electron chi connectivity index (χ3n) is 1.68. The lowest BCUT2D eigenvalue weighted by atomic mass is 10.0. The summed E-state index contributed by atoms with van der Waals surface area (Å²) < 4.78 is 0. The van der Waals surface area contributed by atoms with E-state index in [4.69, 9.17) is 4.84 Å². The summed E-state index contributed by atoms with van der Waals surface area (Å²) in [6, 6.07) is 3.94. The fraction of sp³-hybridized carbons (Fsp3) is 0.250. The SMILES string of the molecule is C1=NOCC1c1cccnc1. The Kier molecular flexibility index (Phi) is 1.55. The van der Waals surface area contributed by atoms with Crippen LogP contribution in [0, 0.1) is 0 Å². The highest BCUT2D eigenvalue weighted by atomic mass is 16.6. The summed E-state index contributed by atoms with van der Waals surface area (Å²) in [6.07, 6.45) is 5.40. The summed E-state index contributed by atoms with van der Waals surface area (Å²) in [5, 5.41) is 3.69. The van der Waals surface area contributed by atoms with Crippen LogP contribution < -0.4 is 0 Å². The smallest absolute Gasteiger partial charge is 0.129 e. The molecule has 56 valence electrons. The van der Waals surface area contributed by atoms with Crippen molar-refractivity contribution in [3.05, 3.63) is 30.1 Å². The van der Waals surface area contributed by atoms with Crippen molar-refractivity contribution >= 4 is 6.21 Å². The number of pyridine rings is 1. The van der Waals surface area contributed by atoms with Crippen molar-refractivity contribution in [2.45, 2.75) is 5.92 Å². The van der Waals surface area contributed by atoms with Crippen LogP contribution >= 0.6 is 0 Å². The van der Waals surface area contributed by atoms with E-state index in [2.05, 4.69) is 10.1 Å². The van der Waals surface area contributed by atoms with E-state index in [-0.39, 0.29) is 0 Å². The van der Waals surface area contributed by atoms with Gasteiger partial charge in [-0.05, 0) is 11.6 Å². The molecule has 0 amide bonds. The zero-order valence-corrected chi connectivity index (χ0v) is 5.97. The van der Waals surface area contributed by atoms with Gasteiger partial charge in [0, 0.05) is 12.4 Å². The van der Waals surface area contributed by atoms with Crippen LogP contribution in [0.1, 0.15) is 11.5 Å². The fourth-order valence-corrected chi connectivity index (χ4v) is 1.06. The number of hydrogen-bond donors (Lipinski definition) is 0. The Morgan fingerprint density at radius 1 is 1.55 bits per heavy atom. The number of hydrogen-bond acceptors (Lipinski definition) is 3. The molecule has 0 saturated carbocycles. The third-order valence-corrected chi connectivity index (χ3v) is 1.68. The van der Waals surface area contributed by atoms with E-state index in [1.165, 1.54) is 0 Å². The number of aromatic nitrogens is 1. The van der Waals surface area contributed by atoms with Gasteiger partial charge >= 0.3 is 0 Å².